The zero-order chi connectivity index (χ0) is 16.2. The number of hydrogen-bond acceptors (Lipinski definition) is 3. The van der Waals surface area contributed by atoms with Gasteiger partial charge in [0.05, 0.1) is 4.90 Å². The fourth-order valence-corrected chi connectivity index (χ4v) is 3.21. The highest BCUT2D eigenvalue weighted by Gasteiger charge is 2.19. The van der Waals surface area contributed by atoms with Gasteiger partial charge < -0.3 is 4.90 Å². The van der Waals surface area contributed by atoms with Crippen LogP contribution in [0, 0.1) is 5.82 Å². The SMILES string of the molecule is CN(C)[C@H](CNS(=O)(=O)c1ccccc1)c1ccc(F)cc1. The summed E-state index contributed by atoms with van der Waals surface area (Å²) < 4.78 is 40.1. The van der Waals surface area contributed by atoms with Crippen molar-refractivity contribution in [3.8, 4) is 0 Å². The Morgan fingerprint density at radius 2 is 1.64 bits per heavy atom. The molecular formula is C16H19FN2O2S. The molecule has 0 bridgehead atoms. The van der Waals surface area contributed by atoms with Crippen LogP contribution in [-0.4, -0.2) is 34.0 Å². The highest BCUT2D eigenvalue weighted by Crippen LogP contribution is 2.19. The quantitative estimate of drug-likeness (QED) is 0.888. The normalized spacial score (nSPS) is 13.3. The number of hydrogen-bond donors (Lipinski definition) is 1. The van der Waals surface area contributed by atoms with Crippen molar-refractivity contribution in [1.29, 1.82) is 0 Å². The number of sulfonamides is 1. The van der Waals surface area contributed by atoms with E-state index in [1.807, 2.05) is 19.0 Å². The first-order valence-corrected chi connectivity index (χ1v) is 8.35. The van der Waals surface area contributed by atoms with Gasteiger partial charge in [0.1, 0.15) is 5.82 Å². The van der Waals surface area contributed by atoms with E-state index in [4.69, 9.17) is 0 Å². The third kappa shape index (κ3) is 4.13. The van der Waals surface area contributed by atoms with E-state index in [0.29, 0.717) is 0 Å². The average Bonchev–Trinajstić information content (AvgIpc) is 2.50. The molecule has 0 fully saturated rings. The molecule has 0 amide bonds. The average molecular weight is 322 g/mol. The number of benzene rings is 2. The monoisotopic (exact) mass is 322 g/mol. The van der Waals surface area contributed by atoms with Crippen LogP contribution in [0.1, 0.15) is 11.6 Å². The Morgan fingerprint density at radius 3 is 2.18 bits per heavy atom. The molecule has 2 aromatic carbocycles. The summed E-state index contributed by atoms with van der Waals surface area (Å²) in [5.41, 5.74) is 0.849. The maximum Gasteiger partial charge on any atom is 0.240 e. The van der Waals surface area contributed by atoms with Gasteiger partial charge in [0, 0.05) is 12.6 Å². The Balaban J connectivity index is 2.14. The van der Waals surface area contributed by atoms with Gasteiger partial charge in [0.15, 0.2) is 0 Å². The van der Waals surface area contributed by atoms with E-state index in [0.717, 1.165) is 5.56 Å². The lowest BCUT2D eigenvalue weighted by molar-refractivity contribution is 0.299. The van der Waals surface area contributed by atoms with Gasteiger partial charge >= 0.3 is 0 Å². The van der Waals surface area contributed by atoms with Gasteiger partial charge in [-0.25, -0.2) is 17.5 Å². The molecule has 1 N–H and O–H groups in total. The van der Waals surface area contributed by atoms with Crippen LogP contribution in [0.15, 0.2) is 59.5 Å². The van der Waals surface area contributed by atoms with Gasteiger partial charge in [-0.3, -0.25) is 0 Å². The van der Waals surface area contributed by atoms with Crippen LogP contribution in [0.3, 0.4) is 0 Å². The lowest BCUT2D eigenvalue weighted by atomic mass is 10.1. The summed E-state index contributed by atoms with van der Waals surface area (Å²) in [4.78, 5) is 2.12. The number of nitrogens with zero attached hydrogens (tertiary/aromatic N) is 1. The van der Waals surface area contributed by atoms with E-state index in [9.17, 15) is 12.8 Å². The van der Waals surface area contributed by atoms with E-state index in [1.54, 1.807) is 42.5 Å². The molecule has 0 aliphatic rings. The standard InChI is InChI=1S/C16H19FN2O2S/c1-19(2)16(13-8-10-14(17)11-9-13)12-18-22(20,21)15-6-4-3-5-7-15/h3-11,16,18H,12H2,1-2H3/t16-/m1/s1. The van der Waals surface area contributed by atoms with Gasteiger partial charge in [0.25, 0.3) is 0 Å². The van der Waals surface area contributed by atoms with Crippen LogP contribution in [0.5, 0.6) is 0 Å². The zero-order valence-corrected chi connectivity index (χ0v) is 13.3. The van der Waals surface area contributed by atoms with Gasteiger partial charge in [-0.15, -0.1) is 0 Å². The smallest absolute Gasteiger partial charge is 0.240 e. The molecule has 6 heteroatoms. The fraction of sp³-hybridized carbons (Fsp3) is 0.250. The Morgan fingerprint density at radius 1 is 1.05 bits per heavy atom. The molecule has 0 aromatic heterocycles. The Labute approximate surface area is 130 Å². The summed E-state index contributed by atoms with van der Waals surface area (Å²) in [5, 5.41) is 0. The minimum Gasteiger partial charge on any atom is -0.301 e. The van der Waals surface area contributed by atoms with Gasteiger partial charge in [-0.05, 0) is 43.9 Å². The minimum atomic E-state index is -3.56. The molecule has 118 valence electrons. The summed E-state index contributed by atoms with van der Waals surface area (Å²) in [6.07, 6.45) is 0. The number of likely N-dealkylation sites (N-methyl/N-ethyl adjacent to an activating group) is 1. The molecule has 22 heavy (non-hydrogen) atoms. The van der Waals surface area contributed by atoms with Gasteiger partial charge in [-0.2, -0.15) is 0 Å². The third-order valence-corrected chi connectivity index (χ3v) is 4.84. The summed E-state index contributed by atoms with van der Waals surface area (Å²) >= 11 is 0. The second kappa shape index (κ2) is 7.00. The molecule has 1 atom stereocenters. The molecule has 2 aromatic rings. The zero-order valence-electron chi connectivity index (χ0n) is 12.5. The topological polar surface area (TPSA) is 49.4 Å². The lowest BCUT2D eigenvalue weighted by Crippen LogP contribution is -2.34. The Bertz CT molecular complexity index is 701. The van der Waals surface area contributed by atoms with Crippen LogP contribution in [0.2, 0.25) is 0 Å². The number of rotatable bonds is 6. The summed E-state index contributed by atoms with van der Waals surface area (Å²) in [6, 6.07) is 14.1. The maximum absolute atomic E-state index is 13.0. The van der Waals surface area contributed by atoms with Gasteiger partial charge in [-0.1, -0.05) is 30.3 Å². The second-order valence-corrected chi connectivity index (χ2v) is 6.96. The van der Waals surface area contributed by atoms with Crippen molar-refractivity contribution in [2.24, 2.45) is 0 Å². The first kappa shape index (κ1) is 16.6. The van der Waals surface area contributed by atoms with E-state index in [-0.39, 0.29) is 23.3 Å². The fourth-order valence-electron chi connectivity index (χ4n) is 2.16. The van der Waals surface area contributed by atoms with Crippen molar-refractivity contribution in [2.45, 2.75) is 10.9 Å². The summed E-state index contributed by atoms with van der Waals surface area (Å²) in [7, 11) is 0.148. The molecule has 2 rings (SSSR count). The summed E-state index contributed by atoms with van der Waals surface area (Å²) in [6.45, 7) is 0.204. The first-order valence-electron chi connectivity index (χ1n) is 6.87. The van der Waals surface area contributed by atoms with Crippen LogP contribution in [-0.2, 0) is 10.0 Å². The van der Waals surface area contributed by atoms with Crippen LogP contribution < -0.4 is 4.72 Å². The Hall–Kier alpha value is -1.76. The highest BCUT2D eigenvalue weighted by atomic mass is 32.2. The molecule has 0 saturated heterocycles. The predicted octanol–water partition coefficient (Wildman–Crippen LogP) is 2.41. The molecule has 0 aliphatic carbocycles. The van der Waals surface area contributed by atoms with Crippen molar-refractivity contribution in [1.82, 2.24) is 9.62 Å². The van der Waals surface area contributed by atoms with Crippen molar-refractivity contribution in [2.75, 3.05) is 20.6 Å². The van der Waals surface area contributed by atoms with E-state index >= 15 is 0 Å². The van der Waals surface area contributed by atoms with E-state index < -0.39 is 10.0 Å². The number of nitrogens with one attached hydrogen (secondary N) is 1. The summed E-state index contributed by atoms with van der Waals surface area (Å²) in [5.74, 6) is -0.314. The largest absolute Gasteiger partial charge is 0.301 e. The molecule has 0 unspecified atom stereocenters. The first-order chi connectivity index (χ1) is 10.4. The lowest BCUT2D eigenvalue weighted by Gasteiger charge is -2.25. The molecule has 0 aliphatic heterocycles. The van der Waals surface area contributed by atoms with E-state index in [2.05, 4.69) is 4.72 Å². The molecule has 0 radical (unpaired) electrons. The molecule has 0 heterocycles. The molecule has 0 saturated carbocycles. The van der Waals surface area contributed by atoms with E-state index in [1.165, 1.54) is 12.1 Å². The van der Waals surface area contributed by atoms with Crippen LogP contribution in [0.25, 0.3) is 0 Å². The van der Waals surface area contributed by atoms with Crippen molar-refractivity contribution in [3.63, 3.8) is 0 Å². The predicted molar refractivity (Wildman–Crippen MR) is 84.5 cm³/mol. The maximum atomic E-state index is 13.0. The van der Waals surface area contributed by atoms with Crippen molar-refractivity contribution in [3.05, 3.63) is 66.0 Å². The van der Waals surface area contributed by atoms with Crippen molar-refractivity contribution >= 4 is 10.0 Å². The van der Waals surface area contributed by atoms with Crippen LogP contribution in [0.4, 0.5) is 4.39 Å². The number of halogens is 1. The third-order valence-electron chi connectivity index (χ3n) is 3.40. The minimum absolute atomic E-state index is 0.181. The van der Waals surface area contributed by atoms with Crippen molar-refractivity contribution < 1.29 is 12.8 Å². The molecular weight excluding hydrogens is 303 g/mol. The highest BCUT2D eigenvalue weighted by molar-refractivity contribution is 7.89. The second-order valence-electron chi connectivity index (χ2n) is 5.20. The molecule has 0 spiro atoms. The molecule has 4 nitrogen and oxygen atoms in total. The van der Waals surface area contributed by atoms with Gasteiger partial charge in [0.2, 0.25) is 10.0 Å². The van der Waals surface area contributed by atoms with Crippen LogP contribution >= 0.6 is 0 Å². The Kier molecular flexibility index (Phi) is 5.28.